The van der Waals surface area contributed by atoms with E-state index in [2.05, 4.69) is 4.98 Å². The van der Waals surface area contributed by atoms with E-state index in [1.807, 2.05) is 17.5 Å². The molecular weight excluding hydrogens is 495 g/mol. The predicted molar refractivity (Wildman–Crippen MR) is 133 cm³/mol. The highest BCUT2D eigenvalue weighted by molar-refractivity contribution is 7.12. The third kappa shape index (κ3) is 3.88. The van der Waals surface area contributed by atoms with Crippen molar-refractivity contribution in [1.82, 2.24) is 9.55 Å². The number of rotatable bonds is 5. The maximum absolute atomic E-state index is 13.4. The van der Waals surface area contributed by atoms with Crippen molar-refractivity contribution in [3.05, 3.63) is 93.2 Å². The Labute approximate surface area is 208 Å². The van der Waals surface area contributed by atoms with Gasteiger partial charge in [0.05, 0.1) is 17.0 Å². The number of aryl methyl sites for hydroxylation is 1. The van der Waals surface area contributed by atoms with Gasteiger partial charge in [-0.1, -0.05) is 47.5 Å². The molecule has 0 saturated carbocycles. The number of aromatic nitrogens is 2. The number of carbonyl (C=O) groups is 1. The highest BCUT2D eigenvalue weighted by Crippen LogP contribution is 2.45. The highest BCUT2D eigenvalue weighted by Gasteiger charge is 2.32. The van der Waals surface area contributed by atoms with Crippen molar-refractivity contribution in [3.8, 4) is 39.3 Å². The fraction of sp³-hybridized carbons (Fsp3) is 0.0400. The molecule has 170 valence electrons. The molecule has 2 N–H and O–H groups in total. The van der Waals surface area contributed by atoms with Gasteiger partial charge in [0.25, 0.3) is 0 Å². The van der Waals surface area contributed by atoms with Crippen LogP contribution in [0, 0.1) is 6.92 Å². The van der Waals surface area contributed by atoms with Gasteiger partial charge in [0, 0.05) is 21.0 Å². The van der Waals surface area contributed by atoms with E-state index in [9.17, 15) is 15.0 Å². The van der Waals surface area contributed by atoms with Crippen LogP contribution in [0.15, 0.2) is 70.5 Å². The highest BCUT2D eigenvalue weighted by atomic mass is 35.5. The van der Waals surface area contributed by atoms with Crippen LogP contribution in [-0.4, -0.2) is 25.5 Å². The fourth-order valence-corrected chi connectivity index (χ4v) is 4.72. The topological polar surface area (TPSA) is 88.5 Å². The van der Waals surface area contributed by atoms with Crippen LogP contribution in [0.1, 0.15) is 21.9 Å². The first-order valence-corrected chi connectivity index (χ1v) is 11.7. The largest absolute Gasteiger partial charge is 0.503 e. The number of nitrogens with zero attached hydrogens (tertiary/aromatic N) is 2. The molecule has 5 rings (SSSR count). The lowest BCUT2D eigenvalue weighted by atomic mass is 10.0. The Morgan fingerprint density at radius 2 is 1.56 bits per heavy atom. The van der Waals surface area contributed by atoms with E-state index in [0.717, 1.165) is 5.56 Å². The molecule has 6 nitrogen and oxygen atoms in total. The number of carbonyl (C=O) groups excluding carboxylic acids is 1. The zero-order valence-electron chi connectivity index (χ0n) is 17.6. The summed E-state index contributed by atoms with van der Waals surface area (Å²) in [6.45, 7) is 1.72. The van der Waals surface area contributed by atoms with Gasteiger partial charge in [-0.25, -0.2) is 4.98 Å². The summed E-state index contributed by atoms with van der Waals surface area (Å²) in [5.74, 6) is -1.05. The molecule has 0 bridgehead atoms. The summed E-state index contributed by atoms with van der Waals surface area (Å²) in [4.78, 5) is 18.0. The standard InChI is InChI=1S/C25H16Cl2N2O4S/c1-13-2-11-19(33-13)22(30)20-21(15-5-9-17(27)10-6-15)29(24(32)23(20)31)25-28-18(12-34-25)14-3-7-16(26)8-4-14/h2-12,31-32H,1H3. The maximum atomic E-state index is 13.4. The third-order valence-electron chi connectivity index (χ3n) is 5.25. The average Bonchev–Trinajstić information content (AvgIpc) is 3.54. The van der Waals surface area contributed by atoms with Gasteiger partial charge in [-0.3, -0.25) is 9.36 Å². The van der Waals surface area contributed by atoms with Crippen molar-refractivity contribution in [3.63, 3.8) is 0 Å². The number of furan rings is 1. The molecule has 0 atom stereocenters. The Bertz CT molecular complexity index is 1520. The van der Waals surface area contributed by atoms with Crippen LogP contribution in [-0.2, 0) is 0 Å². The molecule has 5 aromatic rings. The van der Waals surface area contributed by atoms with E-state index in [-0.39, 0.29) is 17.0 Å². The van der Waals surface area contributed by atoms with Gasteiger partial charge >= 0.3 is 0 Å². The lowest BCUT2D eigenvalue weighted by Gasteiger charge is -2.09. The van der Waals surface area contributed by atoms with Crippen molar-refractivity contribution in [2.24, 2.45) is 0 Å². The van der Waals surface area contributed by atoms with Gasteiger partial charge in [0.2, 0.25) is 11.7 Å². The summed E-state index contributed by atoms with van der Waals surface area (Å²) < 4.78 is 6.85. The number of hydrogen-bond acceptors (Lipinski definition) is 6. The molecule has 34 heavy (non-hydrogen) atoms. The minimum atomic E-state index is -0.570. The van der Waals surface area contributed by atoms with E-state index in [0.29, 0.717) is 32.2 Å². The van der Waals surface area contributed by atoms with E-state index >= 15 is 0 Å². The number of halogens is 2. The van der Waals surface area contributed by atoms with Crippen LogP contribution in [0.2, 0.25) is 10.0 Å². The lowest BCUT2D eigenvalue weighted by molar-refractivity contribution is 0.101. The van der Waals surface area contributed by atoms with Gasteiger partial charge < -0.3 is 14.6 Å². The number of ketones is 1. The maximum Gasteiger partial charge on any atom is 0.242 e. The first-order chi connectivity index (χ1) is 16.3. The van der Waals surface area contributed by atoms with Crippen molar-refractivity contribution in [2.75, 3.05) is 0 Å². The van der Waals surface area contributed by atoms with E-state index in [1.165, 1.54) is 22.0 Å². The number of benzene rings is 2. The normalized spacial score (nSPS) is 11.1. The summed E-state index contributed by atoms with van der Waals surface area (Å²) in [5.41, 5.74) is 2.20. The lowest BCUT2D eigenvalue weighted by Crippen LogP contribution is -2.04. The second-order valence-corrected chi connectivity index (χ2v) is 9.21. The summed E-state index contributed by atoms with van der Waals surface area (Å²) >= 11 is 13.3. The number of thiazole rings is 1. The first kappa shape index (κ1) is 22.3. The van der Waals surface area contributed by atoms with Gasteiger partial charge in [-0.2, -0.15) is 0 Å². The van der Waals surface area contributed by atoms with Crippen molar-refractivity contribution >= 4 is 40.3 Å². The van der Waals surface area contributed by atoms with Crippen LogP contribution in [0.5, 0.6) is 11.6 Å². The Kier molecular flexibility index (Phi) is 5.69. The Hall–Kier alpha value is -3.52. The Morgan fingerprint density at radius 3 is 2.15 bits per heavy atom. The molecule has 0 aliphatic heterocycles. The molecular formula is C25H16Cl2N2O4S. The van der Waals surface area contributed by atoms with Gasteiger partial charge in [-0.05, 0) is 48.9 Å². The summed E-state index contributed by atoms with van der Waals surface area (Å²) in [6.07, 6.45) is 0. The van der Waals surface area contributed by atoms with Gasteiger partial charge in [0.1, 0.15) is 5.76 Å². The minimum absolute atomic E-state index is 0.0427. The van der Waals surface area contributed by atoms with E-state index in [4.69, 9.17) is 27.6 Å². The average molecular weight is 511 g/mol. The second kappa shape index (κ2) is 8.68. The molecule has 0 amide bonds. The smallest absolute Gasteiger partial charge is 0.242 e. The van der Waals surface area contributed by atoms with E-state index in [1.54, 1.807) is 49.4 Å². The molecule has 0 spiro atoms. The molecule has 0 fully saturated rings. The minimum Gasteiger partial charge on any atom is -0.503 e. The molecule has 0 unspecified atom stereocenters. The van der Waals surface area contributed by atoms with Crippen molar-refractivity contribution < 1.29 is 19.4 Å². The quantitative estimate of drug-likeness (QED) is 0.245. The molecule has 3 aromatic heterocycles. The summed E-state index contributed by atoms with van der Waals surface area (Å²) in [6, 6.07) is 17.1. The molecule has 0 saturated heterocycles. The molecule has 9 heteroatoms. The first-order valence-electron chi connectivity index (χ1n) is 10.1. The zero-order chi connectivity index (χ0) is 24.0. The van der Waals surface area contributed by atoms with Gasteiger partial charge in [0.15, 0.2) is 16.6 Å². The Morgan fingerprint density at radius 1 is 0.941 bits per heavy atom. The second-order valence-electron chi connectivity index (χ2n) is 7.50. The molecule has 3 heterocycles. The van der Waals surface area contributed by atoms with E-state index < -0.39 is 17.4 Å². The van der Waals surface area contributed by atoms with Crippen molar-refractivity contribution in [1.29, 1.82) is 0 Å². The third-order valence-corrected chi connectivity index (χ3v) is 6.58. The molecule has 0 aliphatic rings. The molecule has 0 aliphatic carbocycles. The van der Waals surface area contributed by atoms with Crippen LogP contribution >= 0.6 is 34.5 Å². The SMILES string of the molecule is Cc1ccc(C(=O)c2c(O)c(O)n(-c3nc(-c4ccc(Cl)cc4)cs3)c2-c2ccc(Cl)cc2)o1. The molecule has 0 radical (unpaired) electrons. The number of aromatic hydroxyl groups is 2. The predicted octanol–water partition coefficient (Wildman–Crippen LogP) is 7.12. The summed E-state index contributed by atoms with van der Waals surface area (Å²) in [7, 11) is 0. The van der Waals surface area contributed by atoms with Crippen LogP contribution < -0.4 is 0 Å². The van der Waals surface area contributed by atoms with Crippen LogP contribution in [0.3, 0.4) is 0 Å². The van der Waals surface area contributed by atoms with Crippen LogP contribution in [0.4, 0.5) is 0 Å². The van der Waals surface area contributed by atoms with Crippen molar-refractivity contribution in [2.45, 2.75) is 6.92 Å². The number of hydrogen-bond donors (Lipinski definition) is 2. The Balaban J connectivity index is 1.72. The molecule has 2 aromatic carbocycles. The van der Waals surface area contributed by atoms with Crippen LogP contribution in [0.25, 0.3) is 27.6 Å². The summed E-state index contributed by atoms with van der Waals surface area (Å²) in [5, 5.41) is 25.1. The fourth-order valence-electron chi connectivity index (χ4n) is 3.63. The van der Waals surface area contributed by atoms with Gasteiger partial charge in [-0.15, -0.1) is 11.3 Å². The monoisotopic (exact) mass is 510 g/mol. The zero-order valence-corrected chi connectivity index (χ0v) is 19.9.